The van der Waals surface area contributed by atoms with E-state index in [0.29, 0.717) is 0 Å². The summed E-state index contributed by atoms with van der Waals surface area (Å²) in [4.78, 5) is 32.6. The van der Waals surface area contributed by atoms with E-state index in [0.717, 1.165) is 0 Å². The van der Waals surface area contributed by atoms with E-state index >= 15 is 0 Å². The molecule has 0 aliphatic heterocycles. The highest BCUT2D eigenvalue weighted by molar-refractivity contribution is 5.95. The molecule has 2 amide bonds. The molecule has 0 fully saturated rings. The maximum Gasteiger partial charge on any atom is 0.326 e. The van der Waals surface area contributed by atoms with Crippen molar-refractivity contribution < 1.29 is 24.0 Å². The molecule has 1 unspecified atom stereocenters. The number of nitrogens with two attached hydrogens (primary N) is 1. The van der Waals surface area contributed by atoms with Gasteiger partial charge in [-0.05, 0) is 0 Å². The molecule has 0 aromatic carbocycles. The molecule has 0 saturated carbocycles. The smallest absolute Gasteiger partial charge is 0.326 e. The lowest BCUT2D eigenvalue weighted by Crippen LogP contribution is -2.43. The molecule has 1 atom stereocenters. The zero-order valence-electron chi connectivity index (χ0n) is 8.04. The number of nitrogens with one attached hydrogen (secondary N) is 1. The molecular weight excluding hydrogens is 218 g/mol. The highest BCUT2D eigenvalue weighted by Crippen LogP contribution is 1.98. The van der Waals surface area contributed by atoms with Gasteiger partial charge in [0.05, 0.1) is 6.42 Å². The second-order valence-corrected chi connectivity index (χ2v) is 2.92. The van der Waals surface area contributed by atoms with Crippen LogP contribution in [0.5, 0.6) is 0 Å². The van der Waals surface area contributed by atoms with Crippen LogP contribution in [0.25, 0.3) is 0 Å². The molecule has 86 valence electrons. The van der Waals surface area contributed by atoms with Crippen LogP contribution >= 0.6 is 0 Å². The van der Waals surface area contributed by atoms with Gasteiger partial charge in [0, 0.05) is 6.07 Å². The lowest BCUT2D eigenvalue weighted by atomic mass is 10.2. The Labute approximate surface area is 89.4 Å². The third-order valence-electron chi connectivity index (χ3n) is 1.68. The maximum absolute atomic E-state index is 11.4. The summed E-state index contributed by atoms with van der Waals surface area (Å²) in [5, 5.41) is 14.1. The molecule has 1 aromatic rings. The molecule has 1 heterocycles. The summed E-state index contributed by atoms with van der Waals surface area (Å²) in [5.41, 5.74) is 4.76. The fraction of sp³-hybridized carbons (Fsp3) is 0.250. The zero-order valence-corrected chi connectivity index (χ0v) is 8.04. The Morgan fingerprint density at radius 3 is 2.69 bits per heavy atom. The number of carbonyl (C=O) groups is 3. The first-order valence-electron chi connectivity index (χ1n) is 4.23. The molecule has 4 N–H and O–H groups in total. The van der Waals surface area contributed by atoms with Gasteiger partial charge in [-0.2, -0.15) is 0 Å². The highest BCUT2D eigenvalue weighted by atomic mass is 16.5. The normalized spacial score (nSPS) is 11.8. The van der Waals surface area contributed by atoms with E-state index in [4.69, 9.17) is 10.8 Å². The molecule has 16 heavy (non-hydrogen) atoms. The Balaban J connectivity index is 2.65. The van der Waals surface area contributed by atoms with Gasteiger partial charge in [0.2, 0.25) is 5.91 Å². The average molecular weight is 227 g/mol. The predicted molar refractivity (Wildman–Crippen MR) is 49.2 cm³/mol. The van der Waals surface area contributed by atoms with Crippen molar-refractivity contribution in [2.75, 3.05) is 0 Å². The number of aliphatic carboxylic acids is 1. The van der Waals surface area contributed by atoms with Crippen LogP contribution in [0.4, 0.5) is 0 Å². The number of primary amides is 1. The van der Waals surface area contributed by atoms with Gasteiger partial charge in [0.15, 0.2) is 5.69 Å². The van der Waals surface area contributed by atoms with E-state index in [1.54, 1.807) is 0 Å². The number of rotatable bonds is 5. The van der Waals surface area contributed by atoms with Crippen molar-refractivity contribution in [2.45, 2.75) is 12.5 Å². The Kier molecular flexibility index (Phi) is 3.59. The monoisotopic (exact) mass is 227 g/mol. The Hall–Kier alpha value is -2.38. The fourth-order valence-electron chi connectivity index (χ4n) is 0.963. The summed E-state index contributed by atoms with van der Waals surface area (Å²) in [6.07, 6.45) is 0.678. The molecule has 8 nitrogen and oxygen atoms in total. The number of nitrogens with zero attached hydrogens (tertiary/aromatic N) is 1. The number of carboxylic acids is 1. The SMILES string of the molecule is NC(=O)CC(NC(=O)c1ccon1)C(=O)O. The first-order valence-corrected chi connectivity index (χ1v) is 4.23. The van der Waals surface area contributed by atoms with Crippen molar-refractivity contribution in [3.63, 3.8) is 0 Å². The van der Waals surface area contributed by atoms with Crippen LogP contribution < -0.4 is 11.1 Å². The van der Waals surface area contributed by atoms with E-state index in [2.05, 4.69) is 15.0 Å². The molecule has 8 heteroatoms. The molecule has 1 aromatic heterocycles. The van der Waals surface area contributed by atoms with Gasteiger partial charge in [-0.1, -0.05) is 5.16 Å². The summed E-state index contributed by atoms with van der Waals surface area (Å²) in [7, 11) is 0. The van der Waals surface area contributed by atoms with Gasteiger partial charge in [-0.25, -0.2) is 4.79 Å². The van der Waals surface area contributed by atoms with Crippen molar-refractivity contribution in [2.24, 2.45) is 5.73 Å². The number of hydrogen-bond donors (Lipinski definition) is 3. The largest absolute Gasteiger partial charge is 0.480 e. The molecule has 0 aliphatic rings. The fourth-order valence-corrected chi connectivity index (χ4v) is 0.963. The topological polar surface area (TPSA) is 136 Å². The van der Waals surface area contributed by atoms with Gasteiger partial charge in [-0.15, -0.1) is 0 Å². The minimum absolute atomic E-state index is 0.0734. The standard InChI is InChI=1S/C8H9N3O5/c9-6(12)3-5(8(14)15)10-7(13)4-1-2-16-11-4/h1-2,5H,3H2,(H2,9,12)(H,10,13)(H,14,15). The molecule has 0 spiro atoms. The molecular formula is C8H9N3O5. The van der Waals surface area contributed by atoms with E-state index in [1.807, 2.05) is 0 Å². The van der Waals surface area contributed by atoms with Gasteiger partial charge < -0.3 is 20.7 Å². The van der Waals surface area contributed by atoms with Crippen LogP contribution in [0, 0.1) is 0 Å². The third kappa shape index (κ3) is 3.08. The number of hydrogen-bond acceptors (Lipinski definition) is 5. The van der Waals surface area contributed by atoms with E-state index < -0.39 is 30.2 Å². The third-order valence-corrected chi connectivity index (χ3v) is 1.68. The number of aromatic nitrogens is 1. The molecule has 0 saturated heterocycles. The summed E-state index contributed by atoms with van der Waals surface area (Å²) < 4.78 is 4.41. The molecule has 0 aliphatic carbocycles. The lowest BCUT2D eigenvalue weighted by molar-refractivity contribution is -0.140. The quantitative estimate of drug-likeness (QED) is 0.574. The molecule has 1 rings (SSSR count). The first-order chi connectivity index (χ1) is 7.50. The molecule has 0 radical (unpaired) electrons. The first kappa shape index (κ1) is 11.7. The predicted octanol–water partition coefficient (Wildman–Crippen LogP) is -1.27. The van der Waals surface area contributed by atoms with Gasteiger partial charge >= 0.3 is 5.97 Å². The lowest BCUT2D eigenvalue weighted by Gasteiger charge is -2.10. The average Bonchev–Trinajstić information content (AvgIpc) is 2.68. The van der Waals surface area contributed by atoms with Crippen molar-refractivity contribution in [3.05, 3.63) is 18.0 Å². The Morgan fingerprint density at radius 1 is 1.56 bits per heavy atom. The number of carbonyl (C=O) groups excluding carboxylic acids is 2. The summed E-state index contributed by atoms with van der Waals surface area (Å²) in [6.45, 7) is 0. The van der Waals surface area contributed by atoms with Crippen LogP contribution in [0.15, 0.2) is 16.9 Å². The Bertz CT molecular complexity index is 400. The summed E-state index contributed by atoms with van der Waals surface area (Å²) in [5.74, 6) is -2.93. The van der Waals surface area contributed by atoms with Crippen LogP contribution in [0.1, 0.15) is 16.9 Å². The summed E-state index contributed by atoms with van der Waals surface area (Å²) >= 11 is 0. The van der Waals surface area contributed by atoms with Crippen molar-refractivity contribution in [1.82, 2.24) is 10.5 Å². The maximum atomic E-state index is 11.4. The van der Waals surface area contributed by atoms with Gasteiger partial charge in [0.25, 0.3) is 5.91 Å². The van der Waals surface area contributed by atoms with Crippen molar-refractivity contribution in [3.8, 4) is 0 Å². The van der Waals surface area contributed by atoms with Gasteiger partial charge in [-0.3, -0.25) is 9.59 Å². The second kappa shape index (κ2) is 4.91. The zero-order chi connectivity index (χ0) is 12.1. The number of carboxylic acid groups (broad SMARTS) is 1. The minimum Gasteiger partial charge on any atom is -0.480 e. The highest BCUT2D eigenvalue weighted by Gasteiger charge is 2.23. The van der Waals surface area contributed by atoms with Crippen LogP contribution in [0.3, 0.4) is 0 Å². The van der Waals surface area contributed by atoms with Gasteiger partial charge in [0.1, 0.15) is 12.3 Å². The number of amides is 2. The van der Waals surface area contributed by atoms with Crippen LogP contribution in [-0.4, -0.2) is 34.1 Å². The van der Waals surface area contributed by atoms with Crippen molar-refractivity contribution in [1.29, 1.82) is 0 Å². The Morgan fingerprint density at radius 2 is 2.25 bits per heavy atom. The molecule has 0 bridgehead atoms. The van der Waals surface area contributed by atoms with E-state index in [9.17, 15) is 14.4 Å². The van der Waals surface area contributed by atoms with E-state index in [-0.39, 0.29) is 5.69 Å². The van der Waals surface area contributed by atoms with E-state index in [1.165, 1.54) is 12.3 Å². The summed E-state index contributed by atoms with van der Waals surface area (Å²) in [6, 6.07) is -0.111. The van der Waals surface area contributed by atoms with Crippen LogP contribution in [0.2, 0.25) is 0 Å². The second-order valence-electron chi connectivity index (χ2n) is 2.92. The van der Waals surface area contributed by atoms with Crippen molar-refractivity contribution >= 4 is 17.8 Å². The van der Waals surface area contributed by atoms with Crippen LogP contribution in [-0.2, 0) is 9.59 Å². The minimum atomic E-state index is -1.37.